The van der Waals surface area contributed by atoms with Crippen molar-refractivity contribution in [3.8, 4) is 5.75 Å². The zero-order valence-corrected chi connectivity index (χ0v) is 18.8. The maximum Gasteiger partial charge on any atom is 0.246 e. The van der Waals surface area contributed by atoms with Gasteiger partial charge in [-0.1, -0.05) is 44.4 Å². The van der Waals surface area contributed by atoms with E-state index >= 15 is 0 Å². The Morgan fingerprint density at radius 2 is 1.97 bits per heavy atom. The van der Waals surface area contributed by atoms with Crippen LogP contribution in [0.5, 0.6) is 5.75 Å². The lowest BCUT2D eigenvalue weighted by atomic mass is 10.1. The van der Waals surface area contributed by atoms with Crippen molar-refractivity contribution in [3.63, 3.8) is 0 Å². The second-order valence-electron chi connectivity index (χ2n) is 6.90. The number of aromatic nitrogens is 2. The second kappa shape index (κ2) is 13.3. The third-order valence-corrected chi connectivity index (χ3v) is 4.50. The van der Waals surface area contributed by atoms with Crippen LogP contribution in [0.1, 0.15) is 18.9 Å². The van der Waals surface area contributed by atoms with Crippen LogP contribution in [0.4, 0.5) is 11.6 Å². The van der Waals surface area contributed by atoms with Crippen LogP contribution in [-0.4, -0.2) is 46.1 Å². The van der Waals surface area contributed by atoms with Crippen molar-refractivity contribution in [2.24, 2.45) is 0 Å². The molecule has 2 rings (SSSR count). The van der Waals surface area contributed by atoms with Gasteiger partial charge in [0.25, 0.3) is 0 Å². The molecule has 0 bridgehead atoms. The monoisotopic (exact) mass is 446 g/mol. The molecule has 172 valence electrons. The summed E-state index contributed by atoms with van der Waals surface area (Å²) < 4.78 is 5.74. The summed E-state index contributed by atoms with van der Waals surface area (Å²) in [5.41, 5.74) is 6.54. The molecule has 2 aromatic rings. The largest absolute Gasteiger partial charge is 0.457 e. The van der Waals surface area contributed by atoms with E-state index in [1.807, 2.05) is 37.3 Å². The molecule has 0 unspecified atom stereocenters. The van der Waals surface area contributed by atoms with Crippen LogP contribution in [0.3, 0.4) is 0 Å². The highest BCUT2D eigenvalue weighted by molar-refractivity contribution is 6.12. The molecule has 8 nitrogen and oxygen atoms in total. The molecule has 1 aromatic heterocycles. The number of nitrogens with one attached hydrogen (secondary N) is 2. The lowest BCUT2D eigenvalue weighted by Crippen LogP contribution is -2.34. The first kappa shape index (κ1) is 25.1. The van der Waals surface area contributed by atoms with Crippen LogP contribution in [0.25, 0.3) is 0 Å². The first-order chi connectivity index (χ1) is 16.0. The molecule has 0 saturated heterocycles. The van der Waals surface area contributed by atoms with E-state index in [1.165, 1.54) is 12.4 Å². The molecule has 0 spiro atoms. The number of rotatable bonds is 13. The Balaban J connectivity index is 2.09. The summed E-state index contributed by atoms with van der Waals surface area (Å²) in [4.78, 5) is 21.9. The summed E-state index contributed by atoms with van der Waals surface area (Å²) in [6.07, 6.45) is 10.0. The van der Waals surface area contributed by atoms with Gasteiger partial charge in [0, 0.05) is 19.6 Å². The first-order valence-corrected chi connectivity index (χ1v) is 10.6. The quantitative estimate of drug-likeness (QED) is 0.185. The fourth-order valence-corrected chi connectivity index (χ4v) is 2.93. The summed E-state index contributed by atoms with van der Waals surface area (Å²) in [6, 6.07) is 9.34. The minimum absolute atomic E-state index is 0.126. The van der Waals surface area contributed by atoms with Crippen molar-refractivity contribution in [1.29, 1.82) is 5.41 Å². The number of anilines is 2. The van der Waals surface area contributed by atoms with Crippen molar-refractivity contribution >= 4 is 23.3 Å². The topological polar surface area (TPSA) is 117 Å². The highest BCUT2D eigenvalue weighted by Crippen LogP contribution is 2.19. The van der Waals surface area contributed by atoms with Gasteiger partial charge in [0.1, 0.15) is 29.5 Å². The number of carbonyl (C=O) groups is 1. The summed E-state index contributed by atoms with van der Waals surface area (Å²) >= 11 is 0. The standard InChI is InChI=1S/C25H30N6O2/c1-4-16-31(22(32)6-3)17-15-28-25-23(24(27)29-18-30-25)21(26)14-10-13-19(5-2)33-20-11-8-7-9-12-20/h5-14,18,26H,2-4,15-17H2,1H3,(H3,27,28,29,30). The van der Waals surface area contributed by atoms with Gasteiger partial charge in [0.15, 0.2) is 0 Å². The lowest BCUT2D eigenvalue weighted by Gasteiger charge is -2.21. The first-order valence-electron chi connectivity index (χ1n) is 10.6. The summed E-state index contributed by atoms with van der Waals surface area (Å²) in [5, 5.41) is 11.6. The van der Waals surface area contributed by atoms with Gasteiger partial charge in [-0.3, -0.25) is 10.2 Å². The number of nitrogens with zero attached hydrogens (tertiary/aromatic N) is 3. The van der Waals surface area contributed by atoms with Crippen molar-refractivity contribution in [1.82, 2.24) is 14.9 Å². The molecular weight excluding hydrogens is 416 g/mol. The summed E-state index contributed by atoms with van der Waals surface area (Å²) in [6.45, 7) is 10.8. The summed E-state index contributed by atoms with van der Waals surface area (Å²) in [5.74, 6) is 1.70. The van der Waals surface area contributed by atoms with E-state index in [0.29, 0.717) is 42.5 Å². The second-order valence-corrected chi connectivity index (χ2v) is 6.90. The van der Waals surface area contributed by atoms with Gasteiger partial charge in [-0.25, -0.2) is 9.97 Å². The molecule has 8 heteroatoms. The SMILES string of the molecule is C=CC(=O)N(CCC)CCNc1ncnc(N)c1C(=N)C=CC=C(C=C)Oc1ccccc1. The minimum atomic E-state index is -0.126. The van der Waals surface area contributed by atoms with E-state index in [4.69, 9.17) is 15.9 Å². The number of hydrogen-bond acceptors (Lipinski definition) is 7. The van der Waals surface area contributed by atoms with E-state index in [2.05, 4.69) is 28.4 Å². The van der Waals surface area contributed by atoms with Crippen LogP contribution >= 0.6 is 0 Å². The third kappa shape index (κ3) is 7.77. The van der Waals surface area contributed by atoms with Crippen LogP contribution in [0.15, 0.2) is 86.0 Å². The number of carbonyl (C=O) groups excluding carboxylic acids is 1. The van der Waals surface area contributed by atoms with E-state index in [1.54, 1.807) is 29.2 Å². The van der Waals surface area contributed by atoms with Crippen molar-refractivity contribution < 1.29 is 9.53 Å². The van der Waals surface area contributed by atoms with Crippen molar-refractivity contribution in [2.75, 3.05) is 30.7 Å². The maximum absolute atomic E-state index is 12.0. The van der Waals surface area contributed by atoms with Gasteiger partial charge in [-0.15, -0.1) is 0 Å². The molecule has 33 heavy (non-hydrogen) atoms. The number of amides is 1. The van der Waals surface area contributed by atoms with Crippen LogP contribution in [-0.2, 0) is 4.79 Å². The molecule has 0 fully saturated rings. The number of nitrogen functional groups attached to an aromatic ring is 1. The molecule has 0 atom stereocenters. The molecule has 4 N–H and O–H groups in total. The molecule has 1 aromatic carbocycles. The molecule has 1 heterocycles. The molecular formula is C25H30N6O2. The molecule has 0 aliphatic carbocycles. The number of ether oxygens (including phenoxy) is 1. The Hall–Kier alpha value is -4.20. The molecule has 0 aliphatic rings. The Morgan fingerprint density at radius 3 is 2.64 bits per heavy atom. The van der Waals surface area contributed by atoms with Gasteiger partial charge in [-0.05, 0) is 42.9 Å². The zero-order valence-electron chi connectivity index (χ0n) is 18.8. The predicted octanol–water partition coefficient (Wildman–Crippen LogP) is 3.97. The molecule has 0 radical (unpaired) electrons. The van der Waals surface area contributed by atoms with Crippen molar-refractivity contribution in [3.05, 3.63) is 91.5 Å². The smallest absolute Gasteiger partial charge is 0.246 e. The number of nitrogens with two attached hydrogens (primary N) is 1. The fourth-order valence-electron chi connectivity index (χ4n) is 2.93. The van der Waals surface area contributed by atoms with Crippen molar-refractivity contribution in [2.45, 2.75) is 13.3 Å². The zero-order chi connectivity index (χ0) is 24.1. The van der Waals surface area contributed by atoms with Gasteiger partial charge in [0.05, 0.1) is 11.3 Å². The Bertz CT molecular complexity index is 1030. The number of allylic oxidation sites excluding steroid dienone is 4. The highest BCUT2D eigenvalue weighted by atomic mass is 16.5. The minimum Gasteiger partial charge on any atom is -0.457 e. The predicted molar refractivity (Wildman–Crippen MR) is 133 cm³/mol. The molecule has 0 aliphatic heterocycles. The van der Waals surface area contributed by atoms with Gasteiger partial charge in [0.2, 0.25) is 5.91 Å². The number of hydrogen-bond donors (Lipinski definition) is 3. The highest BCUT2D eigenvalue weighted by Gasteiger charge is 2.14. The number of benzene rings is 1. The average Bonchev–Trinajstić information content (AvgIpc) is 2.83. The van der Waals surface area contributed by atoms with Gasteiger partial charge in [-0.2, -0.15) is 0 Å². The van der Waals surface area contributed by atoms with E-state index in [9.17, 15) is 4.79 Å². The Morgan fingerprint density at radius 1 is 1.21 bits per heavy atom. The lowest BCUT2D eigenvalue weighted by molar-refractivity contribution is -0.125. The number of para-hydroxylation sites is 1. The van der Waals surface area contributed by atoms with E-state index in [0.717, 1.165) is 6.42 Å². The summed E-state index contributed by atoms with van der Waals surface area (Å²) in [7, 11) is 0. The van der Waals surface area contributed by atoms with Crippen LogP contribution in [0.2, 0.25) is 0 Å². The maximum atomic E-state index is 12.0. The van der Waals surface area contributed by atoms with Gasteiger partial charge >= 0.3 is 0 Å². The van der Waals surface area contributed by atoms with E-state index < -0.39 is 0 Å². The average molecular weight is 447 g/mol. The Labute approximate surface area is 194 Å². The third-order valence-electron chi connectivity index (χ3n) is 4.50. The van der Waals surface area contributed by atoms with Crippen LogP contribution in [0, 0.1) is 5.41 Å². The molecule has 1 amide bonds. The normalized spacial score (nSPS) is 11.1. The molecule has 0 saturated carbocycles. The van der Waals surface area contributed by atoms with Crippen LogP contribution < -0.4 is 15.8 Å². The van der Waals surface area contributed by atoms with Gasteiger partial charge < -0.3 is 20.7 Å². The fraction of sp³-hybridized carbons (Fsp3) is 0.200. The Kier molecular flexibility index (Phi) is 10.1. The van der Waals surface area contributed by atoms with E-state index in [-0.39, 0.29) is 17.4 Å².